The van der Waals surface area contributed by atoms with Crippen LogP contribution >= 0.6 is 0 Å². The van der Waals surface area contributed by atoms with E-state index in [1.165, 1.54) is 32.1 Å². The van der Waals surface area contributed by atoms with Crippen LogP contribution in [0, 0.1) is 5.53 Å². The Kier molecular flexibility index (Phi) is 12.6. The molecule has 0 aliphatic carbocycles. The first-order valence-electron chi connectivity index (χ1n) is 5.63. The van der Waals surface area contributed by atoms with E-state index < -0.39 is 0 Å². The van der Waals surface area contributed by atoms with Crippen LogP contribution in [-0.4, -0.2) is 0 Å². The molecule has 0 radical (unpaired) electrons. The topological polar surface area (TPSA) is 110 Å². The number of nitrogens with one attached hydrogen (secondary N) is 1. The highest BCUT2D eigenvalue weighted by atomic mass is 15.6. The molecular weight excluding hydrogens is 220 g/mol. The molecule has 0 bridgehead atoms. The van der Waals surface area contributed by atoms with Crippen LogP contribution in [-0.2, 0) is 0 Å². The summed E-state index contributed by atoms with van der Waals surface area (Å²) in [4.78, 5) is 0. The van der Waals surface area contributed by atoms with Gasteiger partial charge in [0.05, 0.1) is 0 Å². The van der Waals surface area contributed by atoms with Gasteiger partial charge in [-0.15, -0.1) is 5.11 Å². The Balaban J connectivity index is 3.40. The van der Waals surface area contributed by atoms with Crippen molar-refractivity contribution in [1.29, 1.82) is 5.53 Å². The normalized spacial score (nSPS) is 12.5. The maximum Gasteiger partial charge on any atom is 0.0474 e. The Labute approximate surface area is 100 Å². The van der Waals surface area contributed by atoms with Crippen LogP contribution in [0.15, 0.2) is 48.7 Å². The van der Waals surface area contributed by atoms with Gasteiger partial charge in [0, 0.05) is 6.20 Å². The lowest BCUT2D eigenvalue weighted by Gasteiger charge is -1.94. The summed E-state index contributed by atoms with van der Waals surface area (Å²) in [7, 11) is 0. The molecule has 0 rings (SSSR count). The van der Waals surface area contributed by atoms with Crippen molar-refractivity contribution in [2.24, 2.45) is 36.5 Å². The third kappa shape index (κ3) is 14.1. The zero-order valence-corrected chi connectivity index (χ0v) is 10.0. The van der Waals surface area contributed by atoms with Crippen LogP contribution in [0.4, 0.5) is 0 Å². The largest absolute Gasteiger partial charge is 0.183 e. The highest BCUT2D eigenvalue weighted by molar-refractivity contribution is 4.77. The van der Waals surface area contributed by atoms with E-state index in [1.54, 1.807) is 6.20 Å². The van der Waals surface area contributed by atoms with Gasteiger partial charge in [0.2, 0.25) is 0 Å². The van der Waals surface area contributed by atoms with Gasteiger partial charge in [0.25, 0.3) is 0 Å². The summed E-state index contributed by atoms with van der Waals surface area (Å²) >= 11 is 0. The van der Waals surface area contributed by atoms with E-state index in [4.69, 9.17) is 5.53 Å². The predicted molar refractivity (Wildman–Crippen MR) is 62.2 cm³/mol. The van der Waals surface area contributed by atoms with Crippen molar-refractivity contribution in [1.82, 2.24) is 0 Å². The fourth-order valence-corrected chi connectivity index (χ4v) is 1.11. The van der Waals surface area contributed by atoms with Gasteiger partial charge in [-0.2, -0.15) is 5.53 Å². The fraction of sp³-hybridized carbons (Fsp3) is 0.778. The van der Waals surface area contributed by atoms with Crippen molar-refractivity contribution >= 4 is 0 Å². The van der Waals surface area contributed by atoms with E-state index in [0.717, 1.165) is 6.42 Å². The van der Waals surface area contributed by atoms with Crippen LogP contribution in [0.3, 0.4) is 0 Å². The SMILES string of the molecule is CCCCCCCC=CN=NN=NN=NN=N. The highest BCUT2D eigenvalue weighted by Gasteiger charge is 1.85. The smallest absolute Gasteiger partial charge is 0.0474 e. The molecule has 0 aromatic rings. The monoisotopic (exact) mass is 238 g/mol. The second kappa shape index (κ2) is 14.1. The Morgan fingerprint density at radius 1 is 0.882 bits per heavy atom. The van der Waals surface area contributed by atoms with Crippen LogP contribution in [0.5, 0.6) is 0 Å². The molecule has 0 amide bonds. The fourth-order valence-electron chi connectivity index (χ4n) is 1.11. The molecule has 0 spiro atoms. The molecule has 0 aromatic heterocycles. The molecule has 0 aliphatic rings. The average Bonchev–Trinajstić information content (AvgIpc) is 2.35. The van der Waals surface area contributed by atoms with Gasteiger partial charge < -0.3 is 0 Å². The third-order valence-electron chi connectivity index (χ3n) is 1.90. The average molecular weight is 238 g/mol. The lowest BCUT2D eigenvalue weighted by molar-refractivity contribution is 0.637. The molecule has 0 aliphatic heterocycles. The van der Waals surface area contributed by atoms with E-state index >= 15 is 0 Å². The van der Waals surface area contributed by atoms with Crippen molar-refractivity contribution in [3.8, 4) is 0 Å². The van der Waals surface area contributed by atoms with Crippen molar-refractivity contribution in [2.75, 3.05) is 0 Å². The molecule has 0 saturated heterocycles. The Morgan fingerprint density at radius 3 is 2.35 bits per heavy atom. The molecule has 0 atom stereocenters. The van der Waals surface area contributed by atoms with Gasteiger partial charge in [-0.1, -0.05) is 38.7 Å². The van der Waals surface area contributed by atoms with Gasteiger partial charge >= 0.3 is 0 Å². The lowest BCUT2D eigenvalue weighted by Crippen LogP contribution is -1.75. The lowest BCUT2D eigenvalue weighted by atomic mass is 10.1. The maximum atomic E-state index is 6.25. The molecule has 94 valence electrons. The number of unbranched alkanes of at least 4 members (excludes halogenated alkanes) is 5. The van der Waals surface area contributed by atoms with Crippen molar-refractivity contribution in [2.45, 2.75) is 45.4 Å². The molecule has 0 saturated carbocycles. The van der Waals surface area contributed by atoms with Gasteiger partial charge in [-0.3, -0.25) is 0 Å². The number of rotatable bonds is 10. The first-order valence-corrected chi connectivity index (χ1v) is 5.63. The summed E-state index contributed by atoms with van der Waals surface area (Å²) in [5, 5.41) is 21.7. The summed E-state index contributed by atoms with van der Waals surface area (Å²) in [6, 6.07) is 0. The first kappa shape index (κ1) is 15.1. The molecule has 8 nitrogen and oxygen atoms in total. The van der Waals surface area contributed by atoms with Crippen LogP contribution < -0.4 is 0 Å². The summed E-state index contributed by atoms with van der Waals surface area (Å²) < 4.78 is 0. The number of allylic oxidation sites excluding steroid dienone is 1. The van der Waals surface area contributed by atoms with Crippen LogP contribution in [0.1, 0.15) is 45.4 Å². The van der Waals surface area contributed by atoms with Gasteiger partial charge in [-0.05, 0) is 44.2 Å². The number of hydrogen-bond donors (Lipinski definition) is 1. The molecule has 0 heterocycles. The number of nitrogens with zero attached hydrogens (tertiary/aromatic N) is 7. The molecule has 17 heavy (non-hydrogen) atoms. The summed E-state index contributed by atoms with van der Waals surface area (Å²) in [5.41, 5.74) is 6.25. The minimum absolute atomic E-state index is 0.997. The molecule has 0 fully saturated rings. The minimum Gasteiger partial charge on any atom is -0.183 e. The molecule has 1 N–H and O–H groups in total. The van der Waals surface area contributed by atoms with E-state index in [0.29, 0.717) is 0 Å². The molecule has 0 unspecified atom stereocenters. The van der Waals surface area contributed by atoms with Crippen molar-refractivity contribution in [3.63, 3.8) is 0 Å². The molecule has 8 heteroatoms. The first-order chi connectivity index (χ1) is 8.41. The van der Waals surface area contributed by atoms with E-state index in [9.17, 15) is 0 Å². The quantitative estimate of drug-likeness (QED) is 0.314. The second-order valence-corrected chi connectivity index (χ2v) is 3.25. The summed E-state index contributed by atoms with van der Waals surface area (Å²) in [5.74, 6) is 0. The van der Waals surface area contributed by atoms with Crippen molar-refractivity contribution in [3.05, 3.63) is 12.3 Å². The van der Waals surface area contributed by atoms with Gasteiger partial charge in [0.1, 0.15) is 0 Å². The Morgan fingerprint density at radius 2 is 1.59 bits per heavy atom. The minimum atomic E-state index is 0.997. The third-order valence-corrected chi connectivity index (χ3v) is 1.90. The van der Waals surface area contributed by atoms with Crippen LogP contribution in [0.2, 0.25) is 0 Å². The highest BCUT2D eigenvalue weighted by Crippen LogP contribution is 2.05. The Hall–Kier alpha value is -1.86. The zero-order valence-electron chi connectivity index (χ0n) is 10.0. The maximum absolute atomic E-state index is 6.25. The predicted octanol–water partition coefficient (Wildman–Crippen LogP) is 4.99. The van der Waals surface area contributed by atoms with Crippen molar-refractivity contribution < 1.29 is 0 Å². The van der Waals surface area contributed by atoms with Gasteiger partial charge in [-0.25, -0.2) is 0 Å². The van der Waals surface area contributed by atoms with E-state index in [-0.39, 0.29) is 0 Å². The van der Waals surface area contributed by atoms with E-state index in [1.807, 2.05) is 6.08 Å². The molecule has 0 aromatic carbocycles. The second-order valence-electron chi connectivity index (χ2n) is 3.25. The number of hydrogen-bond acceptors (Lipinski definition) is 2. The van der Waals surface area contributed by atoms with Gasteiger partial charge in [0.15, 0.2) is 0 Å². The molecular formula is C9H18N8. The zero-order chi connectivity index (χ0) is 12.6. The summed E-state index contributed by atoms with van der Waals surface area (Å²) in [6.07, 6.45) is 10.8. The Bertz CT molecular complexity index is 281. The van der Waals surface area contributed by atoms with Crippen LogP contribution in [0.25, 0.3) is 0 Å². The van der Waals surface area contributed by atoms with E-state index in [2.05, 4.69) is 43.4 Å². The summed E-state index contributed by atoms with van der Waals surface area (Å²) in [6.45, 7) is 2.20. The standard InChI is InChI=1S/C9H18N8/c1-2-3-4-5-6-7-8-9-11-13-15-17-16-14-12-10/h8-10H,2-7H2,1H3.